The van der Waals surface area contributed by atoms with Crippen molar-refractivity contribution in [2.45, 2.75) is 26.2 Å². The van der Waals surface area contributed by atoms with Crippen LogP contribution in [0.15, 0.2) is 5.38 Å². The molecule has 1 aliphatic rings. The summed E-state index contributed by atoms with van der Waals surface area (Å²) in [6.45, 7) is 7.58. The van der Waals surface area contributed by atoms with Gasteiger partial charge in [-0.15, -0.1) is 11.3 Å². The first-order valence-electron chi connectivity index (χ1n) is 7.36. The van der Waals surface area contributed by atoms with Crippen LogP contribution in [0.1, 0.15) is 24.0 Å². The van der Waals surface area contributed by atoms with Crippen LogP contribution in [0.5, 0.6) is 0 Å². The van der Waals surface area contributed by atoms with E-state index in [9.17, 15) is 4.79 Å². The third-order valence-electron chi connectivity index (χ3n) is 3.70. The summed E-state index contributed by atoms with van der Waals surface area (Å²) in [5.74, 6) is 0.205. The van der Waals surface area contributed by atoms with E-state index in [0.29, 0.717) is 13.0 Å². The molecule has 1 amide bonds. The van der Waals surface area contributed by atoms with Crippen molar-refractivity contribution in [1.82, 2.24) is 14.8 Å². The molecule has 6 heteroatoms. The van der Waals surface area contributed by atoms with Crippen molar-refractivity contribution >= 4 is 17.2 Å². The van der Waals surface area contributed by atoms with Crippen molar-refractivity contribution in [3.05, 3.63) is 16.1 Å². The first kappa shape index (κ1) is 15.4. The predicted molar refractivity (Wildman–Crippen MR) is 81.9 cm³/mol. The van der Waals surface area contributed by atoms with Gasteiger partial charge >= 0.3 is 0 Å². The zero-order valence-electron chi connectivity index (χ0n) is 12.2. The van der Waals surface area contributed by atoms with E-state index in [1.165, 1.54) is 0 Å². The first-order chi connectivity index (χ1) is 9.72. The average Bonchev–Trinajstić information content (AvgIpc) is 2.92. The highest BCUT2D eigenvalue weighted by atomic mass is 32.1. The van der Waals surface area contributed by atoms with E-state index >= 15 is 0 Å². The topological polar surface area (TPSA) is 62.5 Å². The molecule has 20 heavy (non-hydrogen) atoms. The molecule has 0 aliphatic carbocycles. The van der Waals surface area contributed by atoms with E-state index < -0.39 is 0 Å². The number of nitrogens with two attached hydrogens (primary N) is 1. The second kappa shape index (κ2) is 7.71. The van der Waals surface area contributed by atoms with Crippen LogP contribution in [0.3, 0.4) is 0 Å². The summed E-state index contributed by atoms with van der Waals surface area (Å²) in [5.41, 5.74) is 6.40. The van der Waals surface area contributed by atoms with Gasteiger partial charge in [-0.2, -0.15) is 0 Å². The van der Waals surface area contributed by atoms with Gasteiger partial charge in [-0.1, -0.05) is 6.92 Å². The van der Waals surface area contributed by atoms with Crippen LogP contribution in [0.25, 0.3) is 0 Å². The maximum atomic E-state index is 12.2. The fourth-order valence-electron chi connectivity index (χ4n) is 2.38. The summed E-state index contributed by atoms with van der Waals surface area (Å²) >= 11 is 1.64. The Kier molecular flexibility index (Phi) is 5.94. The van der Waals surface area contributed by atoms with E-state index in [1.54, 1.807) is 11.3 Å². The van der Waals surface area contributed by atoms with Gasteiger partial charge in [0.25, 0.3) is 0 Å². The lowest BCUT2D eigenvalue weighted by Crippen LogP contribution is -2.48. The Morgan fingerprint density at radius 3 is 2.80 bits per heavy atom. The van der Waals surface area contributed by atoms with Crippen LogP contribution in [0.4, 0.5) is 0 Å². The van der Waals surface area contributed by atoms with Gasteiger partial charge in [-0.3, -0.25) is 4.79 Å². The lowest BCUT2D eigenvalue weighted by molar-refractivity contribution is -0.132. The molecule has 5 nitrogen and oxygen atoms in total. The molecular weight excluding hydrogens is 272 g/mol. The second-order valence-electron chi connectivity index (χ2n) is 5.12. The number of aryl methyl sites for hydroxylation is 1. The van der Waals surface area contributed by atoms with Crippen LogP contribution in [-0.4, -0.2) is 60.0 Å². The first-order valence-corrected chi connectivity index (χ1v) is 8.24. The van der Waals surface area contributed by atoms with E-state index in [1.807, 2.05) is 10.3 Å². The van der Waals surface area contributed by atoms with Crippen molar-refractivity contribution in [2.24, 2.45) is 5.73 Å². The van der Waals surface area contributed by atoms with Gasteiger partial charge in [-0.25, -0.2) is 4.98 Å². The molecule has 1 saturated heterocycles. The van der Waals surface area contributed by atoms with Crippen molar-refractivity contribution < 1.29 is 4.79 Å². The summed E-state index contributed by atoms with van der Waals surface area (Å²) in [7, 11) is 0. The smallest absolute Gasteiger partial charge is 0.228 e. The predicted octanol–water partition coefficient (Wildman–Crippen LogP) is 0.741. The molecule has 0 bridgehead atoms. The fraction of sp³-hybridized carbons (Fsp3) is 0.714. The van der Waals surface area contributed by atoms with Crippen LogP contribution in [-0.2, 0) is 17.6 Å². The fourth-order valence-corrected chi connectivity index (χ4v) is 3.22. The minimum absolute atomic E-state index is 0.205. The lowest BCUT2D eigenvalue weighted by Gasteiger charge is -2.34. The molecule has 2 rings (SSSR count). The second-order valence-corrected chi connectivity index (χ2v) is 6.06. The Bertz CT molecular complexity index is 427. The zero-order chi connectivity index (χ0) is 14.4. The highest BCUT2D eigenvalue weighted by Gasteiger charge is 2.20. The molecule has 2 heterocycles. The number of piperazine rings is 1. The van der Waals surface area contributed by atoms with E-state index in [-0.39, 0.29) is 5.91 Å². The van der Waals surface area contributed by atoms with Crippen molar-refractivity contribution in [3.8, 4) is 0 Å². The van der Waals surface area contributed by atoms with Crippen LogP contribution in [0.2, 0.25) is 0 Å². The normalized spacial score (nSPS) is 16.6. The molecule has 0 radical (unpaired) electrons. The minimum Gasteiger partial charge on any atom is -0.340 e. The van der Waals surface area contributed by atoms with Gasteiger partial charge in [-0.05, 0) is 19.5 Å². The monoisotopic (exact) mass is 296 g/mol. The maximum absolute atomic E-state index is 12.2. The highest BCUT2D eigenvalue weighted by Crippen LogP contribution is 2.13. The molecule has 112 valence electrons. The van der Waals surface area contributed by atoms with Gasteiger partial charge in [0, 0.05) is 38.0 Å². The third-order valence-corrected chi connectivity index (χ3v) is 4.66. The molecule has 0 spiro atoms. The molecule has 0 aromatic carbocycles. The minimum atomic E-state index is 0.205. The Morgan fingerprint density at radius 2 is 2.15 bits per heavy atom. The number of nitrogens with zero attached hydrogens (tertiary/aromatic N) is 3. The largest absolute Gasteiger partial charge is 0.340 e. The van der Waals surface area contributed by atoms with E-state index in [4.69, 9.17) is 5.73 Å². The van der Waals surface area contributed by atoms with Gasteiger partial charge in [0.2, 0.25) is 5.91 Å². The number of hydrogen-bond acceptors (Lipinski definition) is 5. The van der Waals surface area contributed by atoms with Gasteiger partial charge < -0.3 is 15.5 Å². The molecule has 1 aromatic rings. The molecule has 0 saturated carbocycles. The van der Waals surface area contributed by atoms with Crippen molar-refractivity contribution in [2.75, 3.05) is 39.3 Å². The standard InChI is InChI=1S/C14H24N4OS/c1-2-17-6-8-18(9-7-17)14(19)10-12-11-20-13(16-12)4-3-5-15/h11H,2-10,15H2,1H3. The Labute approximate surface area is 124 Å². The average molecular weight is 296 g/mol. The number of aromatic nitrogens is 1. The Balaban J connectivity index is 1.80. The number of thiazole rings is 1. The molecule has 0 atom stereocenters. The van der Waals surface area contributed by atoms with Crippen LogP contribution >= 0.6 is 11.3 Å². The maximum Gasteiger partial charge on any atom is 0.228 e. The summed E-state index contributed by atoms with van der Waals surface area (Å²) in [6.07, 6.45) is 2.32. The Hall–Kier alpha value is -0.980. The SMILES string of the molecule is CCN1CCN(C(=O)Cc2csc(CCCN)n2)CC1. The number of rotatable bonds is 6. The van der Waals surface area contributed by atoms with Crippen LogP contribution < -0.4 is 5.73 Å². The van der Waals surface area contributed by atoms with Gasteiger partial charge in [0.05, 0.1) is 17.1 Å². The lowest BCUT2D eigenvalue weighted by atomic mass is 10.2. The number of carbonyl (C=O) groups is 1. The summed E-state index contributed by atoms with van der Waals surface area (Å²) in [5, 5.41) is 3.10. The Morgan fingerprint density at radius 1 is 1.40 bits per heavy atom. The summed E-state index contributed by atoms with van der Waals surface area (Å²) < 4.78 is 0. The quantitative estimate of drug-likeness (QED) is 0.841. The molecule has 1 aliphatic heterocycles. The van der Waals surface area contributed by atoms with Crippen molar-refractivity contribution in [3.63, 3.8) is 0 Å². The number of amides is 1. The van der Waals surface area contributed by atoms with Gasteiger partial charge in [0.1, 0.15) is 0 Å². The summed E-state index contributed by atoms with van der Waals surface area (Å²) in [4.78, 5) is 21.1. The van der Waals surface area contributed by atoms with Crippen LogP contribution in [0, 0.1) is 0 Å². The zero-order valence-corrected chi connectivity index (χ0v) is 13.0. The molecule has 1 aromatic heterocycles. The van der Waals surface area contributed by atoms with Crippen molar-refractivity contribution in [1.29, 1.82) is 0 Å². The number of likely N-dealkylation sites (N-methyl/N-ethyl adjacent to an activating group) is 1. The highest BCUT2D eigenvalue weighted by molar-refractivity contribution is 7.09. The molecule has 2 N–H and O–H groups in total. The summed E-state index contributed by atoms with van der Waals surface area (Å²) in [6, 6.07) is 0. The molecule has 0 unspecified atom stereocenters. The van der Waals surface area contributed by atoms with E-state index in [2.05, 4.69) is 16.8 Å². The third kappa shape index (κ3) is 4.26. The van der Waals surface area contributed by atoms with E-state index in [0.717, 1.165) is 56.3 Å². The molecular formula is C14H24N4OS. The number of hydrogen-bond donors (Lipinski definition) is 1. The van der Waals surface area contributed by atoms with Gasteiger partial charge in [0.15, 0.2) is 0 Å². The number of carbonyl (C=O) groups excluding carboxylic acids is 1. The molecule has 1 fully saturated rings.